The second-order valence-corrected chi connectivity index (χ2v) is 5.25. The van der Waals surface area contributed by atoms with Crippen LogP contribution in [0.25, 0.3) is 0 Å². The maximum absolute atomic E-state index is 11.2. The normalized spacial score (nSPS) is 15.2. The second-order valence-electron chi connectivity index (χ2n) is 5.25. The number of hydrogen-bond donors (Lipinski definition) is 2. The van der Waals surface area contributed by atoms with E-state index < -0.39 is 11.4 Å². The number of ether oxygens (including phenoxy) is 2. The summed E-state index contributed by atoms with van der Waals surface area (Å²) in [7, 11) is 1.60. The molecule has 0 saturated carbocycles. The van der Waals surface area contributed by atoms with E-state index in [9.17, 15) is 4.79 Å². The molecule has 4 N–H and O–H groups in total. The number of hydrogen-bond acceptors (Lipinski definition) is 4. The van der Waals surface area contributed by atoms with Crippen LogP contribution in [0, 0.1) is 0 Å². The molecule has 0 saturated heterocycles. The van der Waals surface area contributed by atoms with E-state index in [0.29, 0.717) is 17.9 Å². The first-order valence-corrected chi connectivity index (χ1v) is 6.72. The minimum Gasteiger partial charge on any atom is -0.493 e. The van der Waals surface area contributed by atoms with Crippen molar-refractivity contribution in [3.63, 3.8) is 0 Å². The van der Waals surface area contributed by atoms with Crippen LogP contribution >= 0.6 is 0 Å². The molecule has 2 atom stereocenters. The summed E-state index contributed by atoms with van der Waals surface area (Å²) in [6, 6.07) is 5.80. The SMILES string of the molecule is CCc1ccc(OC(C)CC(C)(N)C(N)=O)c(OC)c1. The summed E-state index contributed by atoms with van der Waals surface area (Å²) in [6.45, 7) is 5.53. The largest absolute Gasteiger partial charge is 0.493 e. The smallest absolute Gasteiger partial charge is 0.237 e. The highest BCUT2D eigenvalue weighted by Gasteiger charge is 2.29. The van der Waals surface area contributed by atoms with Gasteiger partial charge in [-0.25, -0.2) is 0 Å². The zero-order valence-electron chi connectivity index (χ0n) is 12.6. The van der Waals surface area contributed by atoms with E-state index in [2.05, 4.69) is 6.92 Å². The van der Waals surface area contributed by atoms with Gasteiger partial charge in [0.05, 0.1) is 18.8 Å². The van der Waals surface area contributed by atoms with Gasteiger partial charge in [0.25, 0.3) is 0 Å². The fraction of sp³-hybridized carbons (Fsp3) is 0.533. The average Bonchev–Trinajstić information content (AvgIpc) is 2.38. The Hall–Kier alpha value is -1.75. The maximum Gasteiger partial charge on any atom is 0.237 e. The van der Waals surface area contributed by atoms with Gasteiger partial charge in [0.15, 0.2) is 11.5 Å². The number of rotatable bonds is 7. The third-order valence-electron chi connectivity index (χ3n) is 3.24. The fourth-order valence-corrected chi connectivity index (χ4v) is 1.99. The van der Waals surface area contributed by atoms with Crippen LogP contribution < -0.4 is 20.9 Å². The molecule has 1 rings (SSSR count). The summed E-state index contributed by atoms with van der Waals surface area (Å²) in [5.74, 6) is 0.771. The first kappa shape index (κ1) is 16.3. The third kappa shape index (κ3) is 4.13. The molecule has 0 aliphatic rings. The third-order valence-corrected chi connectivity index (χ3v) is 3.24. The zero-order chi connectivity index (χ0) is 15.3. The molecule has 0 fully saturated rings. The van der Waals surface area contributed by atoms with Crippen LogP contribution in [0.5, 0.6) is 11.5 Å². The monoisotopic (exact) mass is 280 g/mol. The van der Waals surface area contributed by atoms with Crippen molar-refractivity contribution in [1.82, 2.24) is 0 Å². The van der Waals surface area contributed by atoms with Gasteiger partial charge in [0.1, 0.15) is 0 Å². The molecule has 2 unspecified atom stereocenters. The summed E-state index contributed by atoms with van der Waals surface area (Å²) >= 11 is 0. The van der Waals surface area contributed by atoms with Crippen molar-refractivity contribution in [2.75, 3.05) is 7.11 Å². The topological polar surface area (TPSA) is 87.6 Å². The van der Waals surface area contributed by atoms with Crippen molar-refractivity contribution in [2.24, 2.45) is 11.5 Å². The number of aryl methyl sites for hydroxylation is 1. The van der Waals surface area contributed by atoms with Crippen LogP contribution in [0.15, 0.2) is 18.2 Å². The number of carbonyl (C=O) groups is 1. The summed E-state index contributed by atoms with van der Waals surface area (Å²) < 4.78 is 11.1. The summed E-state index contributed by atoms with van der Waals surface area (Å²) in [5.41, 5.74) is 11.2. The predicted molar refractivity (Wildman–Crippen MR) is 78.9 cm³/mol. The summed E-state index contributed by atoms with van der Waals surface area (Å²) in [6.07, 6.45) is 1.01. The summed E-state index contributed by atoms with van der Waals surface area (Å²) in [5, 5.41) is 0. The molecule has 0 heterocycles. The summed E-state index contributed by atoms with van der Waals surface area (Å²) in [4.78, 5) is 11.2. The molecule has 5 heteroatoms. The molecule has 0 aromatic heterocycles. The van der Waals surface area contributed by atoms with Gasteiger partial charge in [-0.15, -0.1) is 0 Å². The lowest BCUT2D eigenvalue weighted by Crippen LogP contribution is -2.51. The Bertz CT molecular complexity index is 472. The van der Waals surface area contributed by atoms with Crippen LogP contribution in [0.1, 0.15) is 32.8 Å². The van der Waals surface area contributed by atoms with Gasteiger partial charge in [-0.05, 0) is 38.0 Å². The van der Waals surface area contributed by atoms with Crippen LogP contribution in [0.3, 0.4) is 0 Å². The van der Waals surface area contributed by atoms with E-state index in [1.807, 2.05) is 25.1 Å². The Labute approximate surface area is 120 Å². The van der Waals surface area contributed by atoms with Gasteiger partial charge in [-0.1, -0.05) is 13.0 Å². The number of methoxy groups -OCH3 is 1. The lowest BCUT2D eigenvalue weighted by Gasteiger charge is -2.25. The van der Waals surface area contributed by atoms with Crippen molar-refractivity contribution in [3.8, 4) is 11.5 Å². The van der Waals surface area contributed by atoms with Gasteiger partial charge >= 0.3 is 0 Å². The highest BCUT2D eigenvalue weighted by Crippen LogP contribution is 2.30. The molecular weight excluding hydrogens is 256 g/mol. The highest BCUT2D eigenvalue weighted by molar-refractivity contribution is 5.83. The van der Waals surface area contributed by atoms with Gasteiger partial charge < -0.3 is 20.9 Å². The number of amides is 1. The van der Waals surface area contributed by atoms with Crippen molar-refractivity contribution >= 4 is 5.91 Å². The average molecular weight is 280 g/mol. The minimum absolute atomic E-state index is 0.251. The maximum atomic E-state index is 11.2. The Balaban J connectivity index is 2.80. The molecule has 1 amide bonds. The number of primary amides is 1. The van der Waals surface area contributed by atoms with Crippen LogP contribution in [0.2, 0.25) is 0 Å². The van der Waals surface area contributed by atoms with Gasteiger partial charge in [0.2, 0.25) is 5.91 Å². The van der Waals surface area contributed by atoms with E-state index in [0.717, 1.165) is 6.42 Å². The Kier molecular flexibility index (Phi) is 5.39. The van der Waals surface area contributed by atoms with Crippen LogP contribution in [-0.2, 0) is 11.2 Å². The number of carbonyl (C=O) groups excluding carboxylic acids is 1. The standard InChI is InChI=1S/C15H24N2O3/c1-5-11-6-7-12(13(8-11)19-4)20-10(2)9-15(3,17)14(16)18/h6-8,10H,5,9,17H2,1-4H3,(H2,16,18). The molecular formula is C15H24N2O3. The zero-order valence-corrected chi connectivity index (χ0v) is 12.6. The molecule has 1 aromatic carbocycles. The Morgan fingerprint density at radius 3 is 2.55 bits per heavy atom. The molecule has 5 nitrogen and oxygen atoms in total. The molecule has 0 aliphatic carbocycles. The minimum atomic E-state index is -1.09. The van der Waals surface area contributed by atoms with E-state index in [-0.39, 0.29) is 6.10 Å². The van der Waals surface area contributed by atoms with Gasteiger partial charge in [0, 0.05) is 6.42 Å². The first-order valence-electron chi connectivity index (χ1n) is 6.72. The molecule has 1 aromatic rings. The van der Waals surface area contributed by atoms with E-state index in [1.54, 1.807) is 14.0 Å². The van der Waals surface area contributed by atoms with Crippen molar-refractivity contribution in [2.45, 2.75) is 45.3 Å². The second kappa shape index (κ2) is 6.61. The molecule has 0 aliphatic heterocycles. The van der Waals surface area contributed by atoms with Crippen molar-refractivity contribution in [1.29, 1.82) is 0 Å². The first-order chi connectivity index (χ1) is 9.30. The van der Waals surface area contributed by atoms with Crippen LogP contribution in [-0.4, -0.2) is 24.7 Å². The molecule has 0 bridgehead atoms. The Morgan fingerprint density at radius 1 is 1.40 bits per heavy atom. The van der Waals surface area contributed by atoms with Crippen molar-refractivity contribution < 1.29 is 14.3 Å². The Morgan fingerprint density at radius 2 is 2.05 bits per heavy atom. The van der Waals surface area contributed by atoms with E-state index in [4.69, 9.17) is 20.9 Å². The molecule has 112 valence electrons. The van der Waals surface area contributed by atoms with Gasteiger partial charge in [-0.2, -0.15) is 0 Å². The lowest BCUT2D eigenvalue weighted by atomic mass is 9.95. The van der Waals surface area contributed by atoms with Gasteiger partial charge in [-0.3, -0.25) is 4.79 Å². The fourth-order valence-electron chi connectivity index (χ4n) is 1.99. The lowest BCUT2D eigenvalue weighted by molar-refractivity contribution is -0.123. The molecule has 20 heavy (non-hydrogen) atoms. The highest BCUT2D eigenvalue weighted by atomic mass is 16.5. The van der Waals surface area contributed by atoms with E-state index in [1.165, 1.54) is 5.56 Å². The van der Waals surface area contributed by atoms with Crippen molar-refractivity contribution in [3.05, 3.63) is 23.8 Å². The number of benzene rings is 1. The predicted octanol–water partition coefficient (Wildman–Crippen LogP) is 1.62. The quantitative estimate of drug-likeness (QED) is 0.794. The molecule has 0 spiro atoms. The van der Waals surface area contributed by atoms with Crippen LogP contribution in [0.4, 0.5) is 0 Å². The number of nitrogens with two attached hydrogens (primary N) is 2. The molecule has 0 radical (unpaired) electrons. The van der Waals surface area contributed by atoms with E-state index >= 15 is 0 Å².